The van der Waals surface area contributed by atoms with Crippen LogP contribution in [0.5, 0.6) is 0 Å². The number of aromatic nitrogens is 2. The molecule has 0 aliphatic heterocycles. The van der Waals surface area contributed by atoms with E-state index < -0.39 is 0 Å². The van der Waals surface area contributed by atoms with Crippen molar-refractivity contribution >= 4 is 0 Å². The highest BCUT2D eigenvalue weighted by Gasteiger charge is 2.08. The molecule has 1 aromatic heterocycles. The fourth-order valence-corrected chi connectivity index (χ4v) is 2.19. The Morgan fingerprint density at radius 2 is 1.81 bits per heavy atom. The first-order chi connectivity index (χ1) is 7.86. The van der Waals surface area contributed by atoms with E-state index in [9.17, 15) is 0 Å². The summed E-state index contributed by atoms with van der Waals surface area (Å²) in [4.78, 5) is 7.49. The highest BCUT2D eigenvalue weighted by Crippen LogP contribution is 2.21. The van der Waals surface area contributed by atoms with E-state index in [4.69, 9.17) is 0 Å². The van der Waals surface area contributed by atoms with E-state index in [-0.39, 0.29) is 0 Å². The minimum Gasteiger partial charge on any atom is -0.349 e. The molecule has 0 atom stereocenters. The number of H-pyrrole nitrogens is 1. The van der Waals surface area contributed by atoms with Crippen LogP contribution in [0, 0.1) is 5.92 Å². The van der Waals surface area contributed by atoms with Gasteiger partial charge in [0, 0.05) is 18.8 Å². The number of hydrogen-bond acceptors (Lipinski definition) is 1. The fraction of sp³-hybridized carbons (Fsp3) is 0.786. The van der Waals surface area contributed by atoms with Gasteiger partial charge in [0.1, 0.15) is 5.82 Å². The average Bonchev–Trinajstić information content (AvgIpc) is 2.81. The van der Waals surface area contributed by atoms with Crippen LogP contribution >= 0.6 is 0 Å². The Kier molecular flexibility index (Phi) is 6.95. The summed E-state index contributed by atoms with van der Waals surface area (Å²) < 4.78 is 0. The van der Waals surface area contributed by atoms with Crippen LogP contribution in [0.25, 0.3) is 0 Å². The van der Waals surface area contributed by atoms with Gasteiger partial charge in [-0.05, 0) is 12.3 Å². The Hall–Kier alpha value is -0.790. The van der Waals surface area contributed by atoms with Crippen molar-refractivity contribution in [3.63, 3.8) is 0 Å². The van der Waals surface area contributed by atoms with Gasteiger partial charge in [-0.3, -0.25) is 0 Å². The van der Waals surface area contributed by atoms with Crippen molar-refractivity contribution in [2.75, 3.05) is 0 Å². The zero-order valence-electron chi connectivity index (χ0n) is 10.8. The largest absolute Gasteiger partial charge is 0.349 e. The van der Waals surface area contributed by atoms with Gasteiger partial charge in [-0.2, -0.15) is 0 Å². The lowest BCUT2D eigenvalue weighted by Crippen LogP contribution is -2.03. The Balaban J connectivity index is 2.25. The molecule has 0 unspecified atom stereocenters. The topological polar surface area (TPSA) is 28.7 Å². The van der Waals surface area contributed by atoms with Gasteiger partial charge in [-0.1, -0.05) is 52.4 Å². The number of aryl methyl sites for hydroxylation is 1. The van der Waals surface area contributed by atoms with Crippen molar-refractivity contribution in [2.24, 2.45) is 5.92 Å². The number of nitrogens with zero attached hydrogens (tertiary/aromatic N) is 1. The molecule has 0 amide bonds. The summed E-state index contributed by atoms with van der Waals surface area (Å²) in [5, 5.41) is 0. The van der Waals surface area contributed by atoms with Crippen molar-refractivity contribution in [1.29, 1.82) is 0 Å². The van der Waals surface area contributed by atoms with E-state index in [1.54, 1.807) is 0 Å². The summed E-state index contributed by atoms with van der Waals surface area (Å²) in [5.41, 5.74) is 0. The second-order valence-electron chi connectivity index (χ2n) is 4.73. The smallest absolute Gasteiger partial charge is 0.106 e. The van der Waals surface area contributed by atoms with Gasteiger partial charge in [0.2, 0.25) is 0 Å². The predicted molar refractivity (Wildman–Crippen MR) is 69.4 cm³/mol. The van der Waals surface area contributed by atoms with Crippen molar-refractivity contribution in [3.8, 4) is 0 Å². The lowest BCUT2D eigenvalue weighted by molar-refractivity contribution is 0.391. The quantitative estimate of drug-likeness (QED) is 0.661. The molecule has 1 heterocycles. The molecule has 1 rings (SSSR count). The second kappa shape index (κ2) is 8.37. The molecule has 92 valence electrons. The SMILES string of the molecule is CCCCC(CCCC)CCc1ncc[nH]1. The van der Waals surface area contributed by atoms with Crippen LogP contribution in [0.15, 0.2) is 12.4 Å². The Bertz CT molecular complexity index is 233. The van der Waals surface area contributed by atoms with Gasteiger partial charge in [-0.15, -0.1) is 0 Å². The molecule has 0 fully saturated rings. The summed E-state index contributed by atoms with van der Waals surface area (Å²) in [6, 6.07) is 0. The molecule has 1 aromatic rings. The van der Waals surface area contributed by atoms with E-state index in [0.29, 0.717) is 0 Å². The van der Waals surface area contributed by atoms with Crippen LogP contribution < -0.4 is 0 Å². The molecule has 0 bridgehead atoms. The first kappa shape index (κ1) is 13.3. The van der Waals surface area contributed by atoms with Gasteiger partial charge in [-0.25, -0.2) is 4.98 Å². The van der Waals surface area contributed by atoms with Crippen molar-refractivity contribution < 1.29 is 0 Å². The summed E-state index contributed by atoms with van der Waals surface area (Å²) in [6.07, 6.45) is 14.4. The second-order valence-corrected chi connectivity index (χ2v) is 4.73. The fourth-order valence-electron chi connectivity index (χ4n) is 2.19. The molecule has 1 N–H and O–H groups in total. The van der Waals surface area contributed by atoms with E-state index >= 15 is 0 Å². The van der Waals surface area contributed by atoms with Crippen LogP contribution in [0.2, 0.25) is 0 Å². The molecule has 16 heavy (non-hydrogen) atoms. The first-order valence-electron chi connectivity index (χ1n) is 6.85. The number of imidazole rings is 1. The third-order valence-corrected chi connectivity index (χ3v) is 3.28. The third-order valence-electron chi connectivity index (χ3n) is 3.28. The molecule has 0 aromatic carbocycles. The first-order valence-corrected chi connectivity index (χ1v) is 6.85. The molecule has 0 aliphatic rings. The summed E-state index contributed by atoms with van der Waals surface area (Å²) >= 11 is 0. The van der Waals surface area contributed by atoms with Crippen LogP contribution in [0.3, 0.4) is 0 Å². The number of unbranched alkanes of at least 4 members (excludes halogenated alkanes) is 2. The Morgan fingerprint density at radius 1 is 1.12 bits per heavy atom. The van der Waals surface area contributed by atoms with Gasteiger partial charge >= 0.3 is 0 Å². The molecule has 2 nitrogen and oxygen atoms in total. The molecule has 0 saturated carbocycles. The number of nitrogens with one attached hydrogen (secondary N) is 1. The van der Waals surface area contributed by atoms with Crippen LogP contribution in [-0.2, 0) is 6.42 Å². The summed E-state index contributed by atoms with van der Waals surface area (Å²) in [6.45, 7) is 4.56. The third kappa shape index (κ3) is 5.34. The van der Waals surface area contributed by atoms with Crippen molar-refractivity contribution in [1.82, 2.24) is 9.97 Å². The lowest BCUT2D eigenvalue weighted by atomic mass is 9.91. The molecule has 0 aliphatic carbocycles. The molecule has 0 spiro atoms. The maximum Gasteiger partial charge on any atom is 0.106 e. The van der Waals surface area contributed by atoms with E-state index in [1.165, 1.54) is 44.9 Å². The number of aromatic amines is 1. The van der Waals surface area contributed by atoms with Crippen LogP contribution in [0.4, 0.5) is 0 Å². The average molecular weight is 222 g/mol. The van der Waals surface area contributed by atoms with E-state index in [2.05, 4.69) is 23.8 Å². The van der Waals surface area contributed by atoms with E-state index in [0.717, 1.165) is 18.2 Å². The highest BCUT2D eigenvalue weighted by molar-refractivity contribution is 4.87. The molecule has 0 radical (unpaired) electrons. The molecular weight excluding hydrogens is 196 g/mol. The summed E-state index contributed by atoms with van der Waals surface area (Å²) in [5.74, 6) is 2.06. The van der Waals surface area contributed by atoms with Gasteiger partial charge < -0.3 is 4.98 Å². The number of hydrogen-bond donors (Lipinski definition) is 1. The van der Waals surface area contributed by atoms with Gasteiger partial charge in [0.25, 0.3) is 0 Å². The normalized spacial score (nSPS) is 11.2. The van der Waals surface area contributed by atoms with Crippen LogP contribution in [-0.4, -0.2) is 9.97 Å². The predicted octanol–water partition coefficient (Wildman–Crippen LogP) is 4.34. The zero-order valence-corrected chi connectivity index (χ0v) is 10.8. The maximum absolute atomic E-state index is 4.29. The minimum absolute atomic E-state index is 0.907. The molecule has 2 heteroatoms. The zero-order chi connectivity index (χ0) is 11.6. The van der Waals surface area contributed by atoms with E-state index in [1.807, 2.05) is 12.4 Å². The van der Waals surface area contributed by atoms with Gasteiger partial charge in [0.05, 0.1) is 0 Å². The van der Waals surface area contributed by atoms with Gasteiger partial charge in [0.15, 0.2) is 0 Å². The summed E-state index contributed by atoms with van der Waals surface area (Å²) in [7, 11) is 0. The standard InChI is InChI=1S/C14H26N2/c1-3-5-7-13(8-6-4-2)9-10-14-15-11-12-16-14/h11-13H,3-10H2,1-2H3,(H,15,16). The maximum atomic E-state index is 4.29. The molecule has 0 saturated heterocycles. The highest BCUT2D eigenvalue weighted by atomic mass is 14.9. The Labute approximate surface area is 99.9 Å². The monoisotopic (exact) mass is 222 g/mol. The minimum atomic E-state index is 0.907. The number of rotatable bonds is 9. The van der Waals surface area contributed by atoms with Crippen molar-refractivity contribution in [2.45, 2.75) is 65.2 Å². The lowest BCUT2D eigenvalue weighted by Gasteiger charge is -2.15. The Morgan fingerprint density at radius 3 is 2.31 bits per heavy atom. The van der Waals surface area contributed by atoms with Crippen LogP contribution in [0.1, 0.15) is 64.6 Å². The van der Waals surface area contributed by atoms with Crippen molar-refractivity contribution in [3.05, 3.63) is 18.2 Å². The molecular formula is C14H26N2.